The molecule has 0 fully saturated rings. The van der Waals surface area contributed by atoms with Crippen molar-refractivity contribution < 1.29 is 9.90 Å². The van der Waals surface area contributed by atoms with E-state index in [2.05, 4.69) is 11.9 Å². The number of carboxylic acid groups (broad SMARTS) is 1. The van der Waals surface area contributed by atoms with Crippen LogP contribution in [0.3, 0.4) is 0 Å². The first-order chi connectivity index (χ1) is 8.63. The lowest BCUT2D eigenvalue weighted by molar-refractivity contribution is 0.0696. The van der Waals surface area contributed by atoms with Crippen molar-refractivity contribution in [1.29, 1.82) is 0 Å². The Morgan fingerprint density at radius 1 is 1.33 bits per heavy atom. The molecule has 0 radical (unpaired) electrons. The van der Waals surface area contributed by atoms with Crippen LogP contribution < -0.4 is 0 Å². The van der Waals surface area contributed by atoms with Gasteiger partial charge in [-0.25, -0.2) is 4.79 Å². The molecule has 0 aliphatic rings. The number of aromatic carboxylic acids is 1. The smallest absolute Gasteiger partial charge is 0.335 e. The summed E-state index contributed by atoms with van der Waals surface area (Å²) in [6, 6.07) is 9.30. The molecule has 0 amide bonds. The van der Waals surface area contributed by atoms with Crippen LogP contribution in [-0.2, 0) is 6.42 Å². The first-order valence-corrected chi connectivity index (χ1v) is 5.91. The molecular formula is C15H15NO2. The van der Waals surface area contributed by atoms with Crippen molar-refractivity contribution in [2.75, 3.05) is 0 Å². The minimum absolute atomic E-state index is 0.340. The molecule has 1 aromatic heterocycles. The number of nitrogens with zero attached hydrogens (tertiary/aromatic N) is 1. The van der Waals surface area contributed by atoms with E-state index in [1.54, 1.807) is 12.3 Å². The maximum Gasteiger partial charge on any atom is 0.335 e. The minimum Gasteiger partial charge on any atom is -0.478 e. The Bertz CT molecular complexity index is 591. The van der Waals surface area contributed by atoms with Crippen LogP contribution >= 0.6 is 0 Å². The SMILES string of the molecule is CCc1cccnc1-c1ccc(C(=O)O)c(C)c1. The van der Waals surface area contributed by atoms with E-state index in [9.17, 15) is 4.79 Å². The molecule has 0 spiro atoms. The van der Waals surface area contributed by atoms with Crippen LogP contribution in [0.1, 0.15) is 28.4 Å². The fraction of sp³-hybridized carbons (Fsp3) is 0.200. The Labute approximate surface area is 106 Å². The third-order valence-corrected chi connectivity index (χ3v) is 3.00. The number of pyridine rings is 1. The second-order valence-electron chi connectivity index (χ2n) is 4.20. The van der Waals surface area contributed by atoms with Gasteiger partial charge < -0.3 is 5.11 Å². The Balaban J connectivity index is 2.52. The highest BCUT2D eigenvalue weighted by atomic mass is 16.4. The van der Waals surface area contributed by atoms with Gasteiger partial charge in [0.25, 0.3) is 0 Å². The summed E-state index contributed by atoms with van der Waals surface area (Å²) in [7, 11) is 0. The largest absolute Gasteiger partial charge is 0.478 e. The Morgan fingerprint density at radius 2 is 2.11 bits per heavy atom. The summed E-state index contributed by atoms with van der Waals surface area (Å²) in [5, 5.41) is 9.01. The van der Waals surface area contributed by atoms with Crippen molar-refractivity contribution >= 4 is 5.97 Å². The highest BCUT2D eigenvalue weighted by Gasteiger charge is 2.10. The predicted octanol–water partition coefficient (Wildman–Crippen LogP) is 3.32. The molecule has 2 aromatic rings. The fourth-order valence-electron chi connectivity index (χ4n) is 2.03. The Morgan fingerprint density at radius 3 is 2.72 bits per heavy atom. The summed E-state index contributed by atoms with van der Waals surface area (Å²) in [6.45, 7) is 3.89. The number of benzene rings is 1. The molecule has 0 atom stereocenters. The van der Waals surface area contributed by atoms with Gasteiger partial charge in [0, 0.05) is 11.8 Å². The van der Waals surface area contributed by atoms with E-state index < -0.39 is 5.97 Å². The van der Waals surface area contributed by atoms with Crippen molar-refractivity contribution in [3.05, 3.63) is 53.2 Å². The molecule has 0 unspecified atom stereocenters. The number of hydrogen-bond donors (Lipinski definition) is 1. The summed E-state index contributed by atoms with van der Waals surface area (Å²) in [5.74, 6) is -0.893. The van der Waals surface area contributed by atoms with E-state index in [1.807, 2.05) is 31.2 Å². The van der Waals surface area contributed by atoms with Crippen molar-refractivity contribution in [2.45, 2.75) is 20.3 Å². The number of rotatable bonds is 3. The van der Waals surface area contributed by atoms with Gasteiger partial charge in [0.05, 0.1) is 11.3 Å². The molecule has 0 aliphatic carbocycles. The molecule has 1 N–H and O–H groups in total. The van der Waals surface area contributed by atoms with Crippen molar-refractivity contribution in [2.24, 2.45) is 0 Å². The summed E-state index contributed by atoms with van der Waals surface area (Å²) < 4.78 is 0. The third kappa shape index (κ3) is 2.25. The molecule has 0 saturated heterocycles. The van der Waals surface area contributed by atoms with Gasteiger partial charge >= 0.3 is 5.97 Å². The van der Waals surface area contributed by atoms with Crippen LogP contribution in [0, 0.1) is 6.92 Å². The molecule has 3 heteroatoms. The number of aryl methyl sites for hydroxylation is 2. The van der Waals surface area contributed by atoms with E-state index in [-0.39, 0.29) is 0 Å². The Hall–Kier alpha value is -2.16. The van der Waals surface area contributed by atoms with E-state index in [1.165, 1.54) is 5.56 Å². The van der Waals surface area contributed by atoms with Crippen LogP contribution in [0.2, 0.25) is 0 Å². The van der Waals surface area contributed by atoms with E-state index in [0.717, 1.165) is 23.2 Å². The lowest BCUT2D eigenvalue weighted by atomic mass is 9.99. The molecule has 3 nitrogen and oxygen atoms in total. The topological polar surface area (TPSA) is 50.2 Å². The standard InChI is InChI=1S/C15H15NO2/c1-3-11-5-4-8-16-14(11)12-6-7-13(15(17)18)10(2)9-12/h4-9H,3H2,1-2H3,(H,17,18). The molecule has 0 bridgehead atoms. The van der Waals surface area contributed by atoms with Gasteiger partial charge in [0.2, 0.25) is 0 Å². The van der Waals surface area contributed by atoms with Crippen LogP contribution in [0.25, 0.3) is 11.3 Å². The number of aromatic nitrogens is 1. The zero-order valence-corrected chi connectivity index (χ0v) is 10.5. The third-order valence-electron chi connectivity index (χ3n) is 3.00. The molecule has 0 saturated carbocycles. The average Bonchev–Trinajstić information content (AvgIpc) is 2.38. The van der Waals surface area contributed by atoms with Crippen molar-refractivity contribution in [1.82, 2.24) is 4.98 Å². The normalized spacial score (nSPS) is 10.3. The average molecular weight is 241 g/mol. The van der Waals surface area contributed by atoms with Crippen molar-refractivity contribution in [3.8, 4) is 11.3 Å². The summed E-state index contributed by atoms with van der Waals surface area (Å²) >= 11 is 0. The van der Waals surface area contributed by atoms with Crippen LogP contribution in [-0.4, -0.2) is 16.1 Å². The molecule has 1 aromatic carbocycles. The highest BCUT2D eigenvalue weighted by Crippen LogP contribution is 2.24. The van der Waals surface area contributed by atoms with Gasteiger partial charge in [0.15, 0.2) is 0 Å². The fourth-order valence-corrected chi connectivity index (χ4v) is 2.03. The maximum absolute atomic E-state index is 11.0. The molecule has 18 heavy (non-hydrogen) atoms. The summed E-state index contributed by atoms with van der Waals surface area (Å²) in [4.78, 5) is 15.4. The molecule has 2 rings (SSSR count). The Kier molecular flexibility index (Phi) is 3.42. The molecular weight excluding hydrogens is 226 g/mol. The summed E-state index contributed by atoms with van der Waals surface area (Å²) in [6.07, 6.45) is 2.66. The maximum atomic E-state index is 11.0. The van der Waals surface area contributed by atoms with Gasteiger partial charge in [0.1, 0.15) is 0 Å². The van der Waals surface area contributed by atoms with Crippen LogP contribution in [0.15, 0.2) is 36.5 Å². The predicted molar refractivity (Wildman–Crippen MR) is 70.7 cm³/mol. The van der Waals surface area contributed by atoms with E-state index in [4.69, 9.17) is 5.11 Å². The summed E-state index contributed by atoms with van der Waals surface area (Å²) in [5.41, 5.74) is 4.16. The van der Waals surface area contributed by atoms with Gasteiger partial charge in [-0.2, -0.15) is 0 Å². The zero-order chi connectivity index (χ0) is 13.1. The number of carbonyl (C=O) groups is 1. The lowest BCUT2D eigenvalue weighted by Gasteiger charge is -2.08. The first-order valence-electron chi connectivity index (χ1n) is 5.91. The van der Waals surface area contributed by atoms with E-state index in [0.29, 0.717) is 5.56 Å². The molecule has 92 valence electrons. The molecule has 0 aliphatic heterocycles. The van der Waals surface area contributed by atoms with Gasteiger partial charge in [-0.05, 0) is 42.7 Å². The monoisotopic (exact) mass is 241 g/mol. The van der Waals surface area contributed by atoms with Crippen LogP contribution in [0.4, 0.5) is 0 Å². The van der Waals surface area contributed by atoms with Crippen LogP contribution in [0.5, 0.6) is 0 Å². The van der Waals surface area contributed by atoms with Crippen molar-refractivity contribution in [3.63, 3.8) is 0 Å². The zero-order valence-electron chi connectivity index (χ0n) is 10.5. The number of hydrogen-bond acceptors (Lipinski definition) is 2. The second-order valence-corrected chi connectivity index (χ2v) is 4.20. The quantitative estimate of drug-likeness (QED) is 0.896. The lowest BCUT2D eigenvalue weighted by Crippen LogP contribution is -2.00. The number of carboxylic acids is 1. The van der Waals surface area contributed by atoms with Gasteiger partial charge in [-0.3, -0.25) is 4.98 Å². The first kappa shape index (κ1) is 12.3. The van der Waals surface area contributed by atoms with Gasteiger partial charge in [-0.15, -0.1) is 0 Å². The van der Waals surface area contributed by atoms with E-state index >= 15 is 0 Å². The van der Waals surface area contributed by atoms with Gasteiger partial charge in [-0.1, -0.05) is 19.1 Å². The highest BCUT2D eigenvalue weighted by molar-refractivity contribution is 5.90. The minimum atomic E-state index is -0.893. The molecule has 1 heterocycles. The second kappa shape index (κ2) is 5.00.